The van der Waals surface area contributed by atoms with Crippen LogP contribution in [0.15, 0.2) is 24.3 Å². The lowest BCUT2D eigenvalue weighted by Crippen LogP contribution is -2.48. The first-order chi connectivity index (χ1) is 9.69. The summed E-state index contributed by atoms with van der Waals surface area (Å²) in [6.45, 7) is 7.89. The minimum Gasteiger partial charge on any atom is -0.309 e. The largest absolute Gasteiger partial charge is 0.309 e. The highest BCUT2D eigenvalue weighted by atomic mass is 15.2. The maximum Gasteiger partial charge on any atom is 0.0480 e. The average Bonchev–Trinajstić information content (AvgIpc) is 2.47. The molecule has 0 saturated carbocycles. The average molecular weight is 274 g/mol. The van der Waals surface area contributed by atoms with Crippen molar-refractivity contribution in [2.75, 3.05) is 13.6 Å². The van der Waals surface area contributed by atoms with Crippen LogP contribution in [0.3, 0.4) is 0 Å². The molecule has 2 nitrogen and oxygen atoms in total. The van der Waals surface area contributed by atoms with E-state index in [0.717, 1.165) is 6.54 Å². The molecule has 0 fully saturated rings. The third kappa shape index (κ3) is 3.24. The Kier molecular flexibility index (Phi) is 5.62. The van der Waals surface area contributed by atoms with Crippen LogP contribution in [0.4, 0.5) is 0 Å². The van der Waals surface area contributed by atoms with E-state index in [1.807, 2.05) is 0 Å². The fraction of sp³-hybridized carbons (Fsp3) is 0.667. The Labute approximate surface area is 124 Å². The van der Waals surface area contributed by atoms with Crippen LogP contribution in [0, 0.1) is 0 Å². The molecular weight excluding hydrogens is 244 g/mol. The van der Waals surface area contributed by atoms with E-state index in [2.05, 4.69) is 62.3 Å². The molecule has 1 aliphatic carbocycles. The number of benzene rings is 1. The summed E-state index contributed by atoms with van der Waals surface area (Å²) in [6, 6.07) is 10.7. The summed E-state index contributed by atoms with van der Waals surface area (Å²) in [6.07, 6.45) is 5.03. The van der Waals surface area contributed by atoms with Crippen molar-refractivity contribution in [1.82, 2.24) is 10.2 Å². The Morgan fingerprint density at radius 2 is 2.05 bits per heavy atom. The van der Waals surface area contributed by atoms with Crippen LogP contribution in [0.2, 0.25) is 0 Å². The summed E-state index contributed by atoms with van der Waals surface area (Å²) >= 11 is 0. The summed E-state index contributed by atoms with van der Waals surface area (Å²) in [5, 5.41) is 3.73. The highest BCUT2D eigenvalue weighted by Crippen LogP contribution is 2.33. The van der Waals surface area contributed by atoms with Gasteiger partial charge in [0.05, 0.1) is 0 Å². The molecule has 0 aliphatic heterocycles. The van der Waals surface area contributed by atoms with Crippen molar-refractivity contribution < 1.29 is 0 Å². The van der Waals surface area contributed by atoms with Crippen LogP contribution in [-0.2, 0) is 6.42 Å². The minimum atomic E-state index is 0.481. The second-order valence-electron chi connectivity index (χ2n) is 6.14. The van der Waals surface area contributed by atoms with E-state index in [1.165, 1.54) is 36.8 Å². The monoisotopic (exact) mass is 274 g/mol. The van der Waals surface area contributed by atoms with Crippen molar-refractivity contribution in [3.63, 3.8) is 0 Å². The molecule has 1 aromatic rings. The zero-order valence-corrected chi connectivity index (χ0v) is 13.5. The molecule has 0 heterocycles. The molecule has 0 bridgehead atoms. The van der Waals surface area contributed by atoms with E-state index in [0.29, 0.717) is 18.1 Å². The van der Waals surface area contributed by atoms with Crippen LogP contribution in [0.1, 0.15) is 57.2 Å². The van der Waals surface area contributed by atoms with Gasteiger partial charge in [-0.1, -0.05) is 44.5 Å². The third-order valence-electron chi connectivity index (χ3n) is 4.83. The number of aryl methyl sites for hydroxylation is 1. The van der Waals surface area contributed by atoms with Crippen molar-refractivity contribution in [2.24, 2.45) is 0 Å². The van der Waals surface area contributed by atoms with Crippen LogP contribution in [-0.4, -0.2) is 30.6 Å². The number of hydrogen-bond donors (Lipinski definition) is 1. The van der Waals surface area contributed by atoms with Crippen molar-refractivity contribution in [2.45, 2.75) is 64.6 Å². The third-order valence-corrected chi connectivity index (χ3v) is 4.83. The molecule has 1 aromatic carbocycles. The lowest BCUT2D eigenvalue weighted by Gasteiger charge is -2.42. The number of rotatable bonds is 6. The van der Waals surface area contributed by atoms with Gasteiger partial charge in [0.15, 0.2) is 0 Å². The first-order valence-electron chi connectivity index (χ1n) is 8.22. The van der Waals surface area contributed by atoms with Gasteiger partial charge < -0.3 is 5.32 Å². The molecule has 2 rings (SSSR count). The fourth-order valence-electron chi connectivity index (χ4n) is 3.60. The van der Waals surface area contributed by atoms with Crippen molar-refractivity contribution >= 4 is 0 Å². The van der Waals surface area contributed by atoms with Gasteiger partial charge in [0.1, 0.15) is 0 Å². The SMILES string of the molecule is CCCC(C)N(C)C1CCc2ccccc2C1NCC. The molecule has 0 saturated heterocycles. The first-order valence-corrected chi connectivity index (χ1v) is 8.22. The van der Waals surface area contributed by atoms with Gasteiger partial charge in [-0.15, -0.1) is 0 Å². The molecule has 0 spiro atoms. The van der Waals surface area contributed by atoms with Gasteiger partial charge in [-0.2, -0.15) is 0 Å². The molecule has 0 amide bonds. The second kappa shape index (κ2) is 7.24. The van der Waals surface area contributed by atoms with E-state index in [4.69, 9.17) is 0 Å². The Morgan fingerprint density at radius 3 is 2.75 bits per heavy atom. The number of fused-ring (bicyclic) bond motifs is 1. The molecule has 0 aromatic heterocycles. The van der Waals surface area contributed by atoms with Gasteiger partial charge in [-0.05, 0) is 50.9 Å². The first kappa shape index (κ1) is 15.5. The van der Waals surface area contributed by atoms with Gasteiger partial charge in [0.25, 0.3) is 0 Å². The Bertz CT molecular complexity index is 416. The van der Waals surface area contributed by atoms with Gasteiger partial charge in [0.2, 0.25) is 0 Å². The molecule has 1 N–H and O–H groups in total. The van der Waals surface area contributed by atoms with E-state index in [9.17, 15) is 0 Å². The second-order valence-corrected chi connectivity index (χ2v) is 6.14. The Morgan fingerprint density at radius 1 is 1.30 bits per heavy atom. The standard InChI is InChI=1S/C18H30N2/c1-5-9-14(3)20(4)17-13-12-15-10-7-8-11-16(15)18(17)19-6-2/h7-8,10-11,14,17-19H,5-6,9,12-13H2,1-4H3. The number of nitrogens with one attached hydrogen (secondary N) is 1. The molecule has 112 valence electrons. The van der Waals surface area contributed by atoms with E-state index in [1.54, 1.807) is 0 Å². The van der Waals surface area contributed by atoms with Crippen LogP contribution >= 0.6 is 0 Å². The van der Waals surface area contributed by atoms with Crippen molar-refractivity contribution in [3.8, 4) is 0 Å². The Hall–Kier alpha value is -0.860. The van der Waals surface area contributed by atoms with Crippen molar-refractivity contribution in [3.05, 3.63) is 35.4 Å². The smallest absolute Gasteiger partial charge is 0.0480 e. The molecule has 3 atom stereocenters. The molecule has 2 heteroatoms. The zero-order valence-electron chi connectivity index (χ0n) is 13.5. The minimum absolute atomic E-state index is 0.481. The molecule has 20 heavy (non-hydrogen) atoms. The van der Waals surface area contributed by atoms with Gasteiger partial charge in [0, 0.05) is 18.1 Å². The lowest BCUT2D eigenvalue weighted by atomic mass is 9.82. The van der Waals surface area contributed by atoms with E-state index >= 15 is 0 Å². The van der Waals surface area contributed by atoms with E-state index < -0.39 is 0 Å². The van der Waals surface area contributed by atoms with Crippen LogP contribution < -0.4 is 5.32 Å². The van der Waals surface area contributed by atoms with Gasteiger partial charge in [-0.25, -0.2) is 0 Å². The summed E-state index contributed by atoms with van der Waals surface area (Å²) in [4.78, 5) is 2.60. The maximum atomic E-state index is 3.73. The summed E-state index contributed by atoms with van der Waals surface area (Å²) in [7, 11) is 2.31. The number of likely N-dealkylation sites (N-methyl/N-ethyl adjacent to an activating group) is 2. The zero-order chi connectivity index (χ0) is 14.5. The highest BCUT2D eigenvalue weighted by molar-refractivity contribution is 5.34. The highest BCUT2D eigenvalue weighted by Gasteiger charge is 2.32. The number of nitrogens with zero attached hydrogens (tertiary/aromatic N) is 1. The summed E-state index contributed by atoms with van der Waals surface area (Å²) in [5.41, 5.74) is 3.05. The topological polar surface area (TPSA) is 15.3 Å². The fourth-order valence-corrected chi connectivity index (χ4v) is 3.60. The summed E-state index contributed by atoms with van der Waals surface area (Å²) < 4.78 is 0. The molecule has 3 unspecified atom stereocenters. The Balaban J connectivity index is 2.21. The maximum absolute atomic E-state index is 3.73. The lowest BCUT2D eigenvalue weighted by molar-refractivity contribution is 0.126. The molecule has 1 aliphatic rings. The summed E-state index contributed by atoms with van der Waals surface area (Å²) in [5.74, 6) is 0. The normalized spacial score (nSPS) is 23.6. The number of hydrogen-bond acceptors (Lipinski definition) is 2. The van der Waals surface area contributed by atoms with Gasteiger partial charge >= 0.3 is 0 Å². The van der Waals surface area contributed by atoms with E-state index in [-0.39, 0.29) is 0 Å². The van der Waals surface area contributed by atoms with Crippen LogP contribution in [0.25, 0.3) is 0 Å². The predicted octanol–water partition coefficient (Wildman–Crippen LogP) is 3.77. The molecular formula is C18H30N2. The van der Waals surface area contributed by atoms with Crippen molar-refractivity contribution in [1.29, 1.82) is 0 Å². The predicted molar refractivity (Wildman–Crippen MR) is 87.1 cm³/mol. The molecule has 0 radical (unpaired) electrons. The quantitative estimate of drug-likeness (QED) is 0.849. The van der Waals surface area contributed by atoms with Crippen LogP contribution in [0.5, 0.6) is 0 Å². The van der Waals surface area contributed by atoms with Gasteiger partial charge in [-0.3, -0.25) is 4.90 Å².